The Kier molecular flexibility index (Phi) is 3.60. The van der Waals surface area contributed by atoms with Gasteiger partial charge < -0.3 is 20.6 Å². The SMILES string of the molecule is O=[N+]([O-])c1cc(O)ccc1NCc1ccc(O)cc1O. The van der Waals surface area contributed by atoms with Crippen molar-refractivity contribution in [2.24, 2.45) is 0 Å². The lowest BCUT2D eigenvalue weighted by atomic mass is 10.2. The van der Waals surface area contributed by atoms with E-state index in [-0.39, 0.29) is 35.2 Å². The number of benzene rings is 2. The van der Waals surface area contributed by atoms with E-state index in [1.54, 1.807) is 0 Å². The summed E-state index contributed by atoms with van der Waals surface area (Å²) in [5, 5.41) is 41.7. The van der Waals surface area contributed by atoms with Gasteiger partial charge in [0.25, 0.3) is 5.69 Å². The highest BCUT2D eigenvalue weighted by molar-refractivity contribution is 5.64. The van der Waals surface area contributed by atoms with Crippen molar-refractivity contribution in [2.75, 3.05) is 5.32 Å². The fourth-order valence-electron chi connectivity index (χ4n) is 1.71. The molecular formula is C13H12N2O5. The first-order valence-corrected chi connectivity index (χ1v) is 5.69. The van der Waals surface area contributed by atoms with E-state index in [0.717, 1.165) is 6.07 Å². The zero-order chi connectivity index (χ0) is 14.7. The Hall–Kier alpha value is -2.96. The normalized spacial score (nSPS) is 10.2. The number of hydrogen-bond acceptors (Lipinski definition) is 6. The van der Waals surface area contributed by atoms with Crippen molar-refractivity contribution in [1.29, 1.82) is 0 Å². The molecular weight excluding hydrogens is 264 g/mol. The summed E-state index contributed by atoms with van der Waals surface area (Å²) in [5.41, 5.74) is 0.439. The molecule has 0 radical (unpaired) electrons. The van der Waals surface area contributed by atoms with Crippen LogP contribution in [-0.2, 0) is 6.54 Å². The Morgan fingerprint density at radius 1 is 1.05 bits per heavy atom. The largest absolute Gasteiger partial charge is 0.508 e. The average molecular weight is 276 g/mol. The van der Waals surface area contributed by atoms with Crippen LogP contribution in [0.25, 0.3) is 0 Å². The molecule has 7 heteroatoms. The third-order valence-electron chi connectivity index (χ3n) is 2.72. The average Bonchev–Trinajstić information content (AvgIpc) is 2.38. The van der Waals surface area contributed by atoms with E-state index in [1.807, 2.05) is 0 Å². The van der Waals surface area contributed by atoms with Crippen molar-refractivity contribution < 1.29 is 20.2 Å². The molecule has 0 spiro atoms. The van der Waals surface area contributed by atoms with Crippen LogP contribution in [0.2, 0.25) is 0 Å². The standard InChI is InChI=1S/C13H12N2O5/c16-9-3-4-11(12(5-9)15(19)20)14-7-8-1-2-10(17)6-13(8)18/h1-6,14,16-18H,7H2. The zero-order valence-corrected chi connectivity index (χ0v) is 10.3. The molecule has 0 unspecified atom stereocenters. The monoisotopic (exact) mass is 276 g/mol. The molecule has 0 heterocycles. The van der Waals surface area contributed by atoms with Crippen molar-refractivity contribution >= 4 is 11.4 Å². The summed E-state index contributed by atoms with van der Waals surface area (Å²) in [6, 6.07) is 7.84. The van der Waals surface area contributed by atoms with Gasteiger partial charge in [0, 0.05) is 18.2 Å². The minimum absolute atomic E-state index is 0.0677. The summed E-state index contributed by atoms with van der Waals surface area (Å²) < 4.78 is 0. The summed E-state index contributed by atoms with van der Waals surface area (Å²) in [6.45, 7) is 0.137. The van der Waals surface area contributed by atoms with E-state index in [9.17, 15) is 25.4 Å². The van der Waals surface area contributed by atoms with Crippen molar-refractivity contribution in [1.82, 2.24) is 0 Å². The van der Waals surface area contributed by atoms with E-state index in [4.69, 9.17) is 0 Å². The fourth-order valence-corrected chi connectivity index (χ4v) is 1.71. The van der Waals surface area contributed by atoms with Crippen LogP contribution in [0.1, 0.15) is 5.56 Å². The maximum absolute atomic E-state index is 10.9. The molecule has 0 aliphatic carbocycles. The number of aromatic hydroxyl groups is 3. The Balaban J connectivity index is 2.20. The Labute approximate surface area is 113 Å². The second kappa shape index (κ2) is 5.35. The molecule has 2 rings (SSSR count). The molecule has 0 fully saturated rings. The Morgan fingerprint density at radius 2 is 1.70 bits per heavy atom. The zero-order valence-electron chi connectivity index (χ0n) is 10.3. The molecule has 0 saturated heterocycles. The molecule has 20 heavy (non-hydrogen) atoms. The van der Waals surface area contributed by atoms with Crippen LogP contribution in [0, 0.1) is 10.1 Å². The molecule has 7 nitrogen and oxygen atoms in total. The van der Waals surface area contributed by atoms with Gasteiger partial charge >= 0.3 is 0 Å². The molecule has 0 aliphatic heterocycles. The van der Waals surface area contributed by atoms with Gasteiger partial charge in [-0.05, 0) is 24.3 Å². The van der Waals surface area contributed by atoms with E-state index >= 15 is 0 Å². The predicted octanol–water partition coefficient (Wildman–Crippen LogP) is 2.32. The summed E-state index contributed by atoms with van der Waals surface area (Å²) in [7, 11) is 0. The van der Waals surface area contributed by atoms with Gasteiger partial charge in [-0.25, -0.2) is 0 Å². The molecule has 104 valence electrons. The maximum atomic E-state index is 10.9. The molecule has 2 aromatic rings. The quantitative estimate of drug-likeness (QED) is 0.387. The van der Waals surface area contributed by atoms with Crippen LogP contribution < -0.4 is 5.32 Å². The van der Waals surface area contributed by atoms with Gasteiger partial charge in [-0.3, -0.25) is 10.1 Å². The topological polar surface area (TPSA) is 116 Å². The third-order valence-corrected chi connectivity index (χ3v) is 2.72. The number of nitrogens with zero attached hydrogens (tertiary/aromatic N) is 1. The van der Waals surface area contributed by atoms with Gasteiger partial charge in [0.1, 0.15) is 22.9 Å². The van der Waals surface area contributed by atoms with E-state index in [1.165, 1.54) is 30.3 Å². The summed E-state index contributed by atoms with van der Waals surface area (Å²) in [5.74, 6) is -0.379. The number of phenolic OH excluding ortho intramolecular Hbond substituents is 3. The second-order valence-corrected chi connectivity index (χ2v) is 4.13. The first-order chi connectivity index (χ1) is 9.47. The molecule has 0 atom stereocenters. The number of nitro benzene ring substituents is 1. The summed E-state index contributed by atoms with van der Waals surface area (Å²) in [4.78, 5) is 10.3. The Bertz CT molecular complexity index is 657. The fraction of sp³-hybridized carbons (Fsp3) is 0.0769. The van der Waals surface area contributed by atoms with Gasteiger partial charge in [-0.2, -0.15) is 0 Å². The van der Waals surface area contributed by atoms with Gasteiger partial charge in [-0.1, -0.05) is 0 Å². The molecule has 0 aliphatic rings. The van der Waals surface area contributed by atoms with E-state index in [0.29, 0.717) is 5.56 Å². The molecule has 0 amide bonds. The summed E-state index contributed by atoms with van der Waals surface area (Å²) in [6.07, 6.45) is 0. The third kappa shape index (κ3) is 2.89. The number of nitro groups is 1. The molecule has 2 aromatic carbocycles. The lowest BCUT2D eigenvalue weighted by Gasteiger charge is -2.09. The van der Waals surface area contributed by atoms with Crippen molar-refractivity contribution in [3.63, 3.8) is 0 Å². The lowest BCUT2D eigenvalue weighted by Crippen LogP contribution is -2.02. The predicted molar refractivity (Wildman–Crippen MR) is 71.9 cm³/mol. The first-order valence-electron chi connectivity index (χ1n) is 5.69. The summed E-state index contributed by atoms with van der Waals surface area (Å²) >= 11 is 0. The van der Waals surface area contributed by atoms with Crippen LogP contribution in [0.15, 0.2) is 36.4 Å². The number of rotatable bonds is 4. The highest BCUT2D eigenvalue weighted by Gasteiger charge is 2.14. The maximum Gasteiger partial charge on any atom is 0.296 e. The van der Waals surface area contributed by atoms with E-state index in [2.05, 4.69) is 5.32 Å². The van der Waals surface area contributed by atoms with Gasteiger partial charge in [-0.15, -0.1) is 0 Å². The molecule has 0 bridgehead atoms. The van der Waals surface area contributed by atoms with Gasteiger partial charge in [0.05, 0.1) is 11.0 Å². The van der Waals surface area contributed by atoms with Crippen LogP contribution in [0.5, 0.6) is 17.2 Å². The smallest absolute Gasteiger partial charge is 0.296 e. The number of anilines is 1. The van der Waals surface area contributed by atoms with Crippen LogP contribution >= 0.6 is 0 Å². The van der Waals surface area contributed by atoms with Crippen LogP contribution in [-0.4, -0.2) is 20.2 Å². The lowest BCUT2D eigenvalue weighted by molar-refractivity contribution is -0.384. The minimum Gasteiger partial charge on any atom is -0.508 e. The minimum atomic E-state index is -0.612. The number of nitrogens with one attached hydrogen (secondary N) is 1. The first kappa shape index (κ1) is 13.5. The van der Waals surface area contributed by atoms with E-state index < -0.39 is 4.92 Å². The Morgan fingerprint density at radius 3 is 2.35 bits per heavy atom. The van der Waals surface area contributed by atoms with Crippen molar-refractivity contribution in [2.45, 2.75) is 6.54 Å². The number of phenols is 3. The van der Waals surface area contributed by atoms with Gasteiger partial charge in [0.2, 0.25) is 0 Å². The molecule has 4 N–H and O–H groups in total. The van der Waals surface area contributed by atoms with Crippen molar-refractivity contribution in [3.05, 3.63) is 52.1 Å². The molecule has 0 saturated carbocycles. The highest BCUT2D eigenvalue weighted by Crippen LogP contribution is 2.30. The van der Waals surface area contributed by atoms with Crippen molar-refractivity contribution in [3.8, 4) is 17.2 Å². The van der Waals surface area contributed by atoms with Crippen LogP contribution in [0.4, 0.5) is 11.4 Å². The second-order valence-electron chi connectivity index (χ2n) is 4.13. The van der Waals surface area contributed by atoms with Crippen LogP contribution in [0.3, 0.4) is 0 Å². The molecule has 0 aromatic heterocycles. The van der Waals surface area contributed by atoms with Gasteiger partial charge in [0.15, 0.2) is 0 Å². The number of hydrogen-bond donors (Lipinski definition) is 4. The highest BCUT2D eigenvalue weighted by atomic mass is 16.6.